The summed E-state index contributed by atoms with van der Waals surface area (Å²) in [6, 6.07) is 17.6. The van der Waals surface area contributed by atoms with Gasteiger partial charge in [0.1, 0.15) is 5.75 Å². The molecule has 5 heteroatoms. The van der Waals surface area contributed by atoms with Crippen LogP contribution >= 0.6 is 11.3 Å². The number of ether oxygens (including phenoxy) is 1. The lowest BCUT2D eigenvalue weighted by molar-refractivity contribution is -0.123. The van der Waals surface area contributed by atoms with E-state index in [2.05, 4.69) is 10.5 Å². The van der Waals surface area contributed by atoms with Crippen LogP contribution in [0.4, 0.5) is 0 Å². The Hall–Kier alpha value is -2.66. The van der Waals surface area contributed by atoms with Crippen molar-refractivity contribution in [3.63, 3.8) is 0 Å². The van der Waals surface area contributed by atoms with Gasteiger partial charge in [-0.05, 0) is 34.4 Å². The molecule has 2 aromatic carbocycles. The highest BCUT2D eigenvalue weighted by atomic mass is 32.1. The third-order valence-corrected chi connectivity index (χ3v) is 3.82. The standard InChI is InChI=1S/C17H14N2O2S/c20-17(19-18-11-16-6-3-9-22-16)12-21-15-8-7-13-4-1-2-5-14(13)10-15/h1-11H,12H2,(H,19,20)/b18-11-. The Morgan fingerprint density at radius 1 is 1.14 bits per heavy atom. The van der Waals surface area contributed by atoms with Crippen LogP contribution in [-0.2, 0) is 4.79 Å². The van der Waals surface area contributed by atoms with E-state index in [0.29, 0.717) is 5.75 Å². The fraction of sp³-hybridized carbons (Fsp3) is 0.0588. The highest BCUT2D eigenvalue weighted by Gasteiger charge is 2.02. The molecule has 0 bridgehead atoms. The normalized spacial score (nSPS) is 10.9. The quantitative estimate of drug-likeness (QED) is 0.580. The molecule has 0 aliphatic carbocycles. The molecule has 0 saturated heterocycles. The van der Waals surface area contributed by atoms with Gasteiger partial charge in [0, 0.05) is 4.88 Å². The number of fused-ring (bicyclic) bond motifs is 1. The summed E-state index contributed by atoms with van der Waals surface area (Å²) in [5.41, 5.74) is 2.44. The second-order valence-electron chi connectivity index (χ2n) is 4.61. The van der Waals surface area contributed by atoms with Crippen molar-refractivity contribution in [2.75, 3.05) is 6.61 Å². The van der Waals surface area contributed by atoms with Gasteiger partial charge in [0.05, 0.1) is 6.21 Å². The average Bonchev–Trinajstić information content (AvgIpc) is 3.06. The number of thiophene rings is 1. The van der Waals surface area contributed by atoms with Gasteiger partial charge in [0.15, 0.2) is 6.61 Å². The van der Waals surface area contributed by atoms with E-state index in [4.69, 9.17) is 4.74 Å². The first kappa shape index (κ1) is 14.3. The number of hydrogen-bond donors (Lipinski definition) is 1. The van der Waals surface area contributed by atoms with Gasteiger partial charge in [0.2, 0.25) is 0 Å². The number of carbonyl (C=O) groups is 1. The molecule has 110 valence electrons. The zero-order valence-electron chi connectivity index (χ0n) is 11.7. The van der Waals surface area contributed by atoms with Crippen molar-refractivity contribution in [2.45, 2.75) is 0 Å². The first-order chi connectivity index (χ1) is 10.8. The van der Waals surface area contributed by atoms with Gasteiger partial charge in [0.25, 0.3) is 5.91 Å². The lowest BCUT2D eigenvalue weighted by atomic mass is 10.1. The molecule has 0 aliphatic heterocycles. The van der Waals surface area contributed by atoms with Crippen molar-refractivity contribution < 1.29 is 9.53 Å². The van der Waals surface area contributed by atoms with Crippen molar-refractivity contribution in [3.05, 3.63) is 64.9 Å². The third kappa shape index (κ3) is 3.71. The largest absolute Gasteiger partial charge is 0.484 e. The van der Waals surface area contributed by atoms with E-state index < -0.39 is 0 Å². The Morgan fingerprint density at radius 3 is 2.82 bits per heavy atom. The van der Waals surface area contributed by atoms with Crippen molar-refractivity contribution in [2.24, 2.45) is 5.10 Å². The molecule has 3 aromatic rings. The summed E-state index contributed by atoms with van der Waals surface area (Å²) in [6.07, 6.45) is 1.61. The molecule has 1 N–H and O–H groups in total. The molecule has 1 heterocycles. The Kier molecular flexibility index (Phi) is 4.46. The number of nitrogens with one attached hydrogen (secondary N) is 1. The Labute approximate surface area is 132 Å². The minimum absolute atomic E-state index is 0.0693. The highest BCUT2D eigenvalue weighted by Crippen LogP contribution is 2.20. The summed E-state index contributed by atoms with van der Waals surface area (Å²) in [7, 11) is 0. The van der Waals surface area contributed by atoms with Crippen LogP contribution in [0.1, 0.15) is 4.88 Å². The van der Waals surface area contributed by atoms with Crippen LogP contribution in [0.5, 0.6) is 5.75 Å². The SMILES string of the molecule is O=C(COc1ccc2ccccc2c1)N/N=C\c1cccs1. The molecule has 4 nitrogen and oxygen atoms in total. The molecule has 0 aliphatic rings. The van der Waals surface area contributed by atoms with E-state index in [1.165, 1.54) is 0 Å². The summed E-state index contributed by atoms with van der Waals surface area (Å²) in [5.74, 6) is 0.372. The van der Waals surface area contributed by atoms with Crippen LogP contribution in [0, 0.1) is 0 Å². The van der Waals surface area contributed by atoms with E-state index >= 15 is 0 Å². The molecular weight excluding hydrogens is 296 g/mol. The lowest BCUT2D eigenvalue weighted by Gasteiger charge is -2.06. The molecule has 0 unspecified atom stereocenters. The fourth-order valence-electron chi connectivity index (χ4n) is 1.97. The zero-order chi connectivity index (χ0) is 15.2. The number of hydrazone groups is 1. The number of carbonyl (C=O) groups excluding carboxylic acids is 1. The minimum atomic E-state index is -0.291. The van der Waals surface area contributed by atoms with Crippen LogP contribution in [-0.4, -0.2) is 18.7 Å². The van der Waals surface area contributed by atoms with Gasteiger partial charge in [-0.3, -0.25) is 4.79 Å². The van der Waals surface area contributed by atoms with Crippen LogP contribution in [0.2, 0.25) is 0 Å². The Bertz CT molecular complexity index is 797. The molecule has 22 heavy (non-hydrogen) atoms. The number of nitrogens with zero attached hydrogens (tertiary/aromatic N) is 1. The van der Waals surface area contributed by atoms with Gasteiger partial charge in [-0.15, -0.1) is 11.3 Å². The summed E-state index contributed by atoms with van der Waals surface area (Å²) < 4.78 is 5.48. The molecular formula is C17H14N2O2S. The number of rotatable bonds is 5. The lowest BCUT2D eigenvalue weighted by Crippen LogP contribution is -2.24. The molecule has 0 atom stereocenters. The maximum Gasteiger partial charge on any atom is 0.277 e. The number of amides is 1. The average molecular weight is 310 g/mol. The molecule has 0 spiro atoms. The van der Waals surface area contributed by atoms with Gasteiger partial charge in [-0.25, -0.2) is 5.43 Å². The van der Waals surface area contributed by atoms with Crippen molar-refractivity contribution in [1.82, 2.24) is 5.43 Å². The molecule has 1 aromatic heterocycles. The summed E-state index contributed by atoms with van der Waals surface area (Å²) >= 11 is 1.55. The molecule has 1 amide bonds. The van der Waals surface area contributed by atoms with Crippen molar-refractivity contribution >= 4 is 34.2 Å². The summed E-state index contributed by atoms with van der Waals surface area (Å²) in [6.45, 7) is -0.0693. The topological polar surface area (TPSA) is 50.7 Å². The van der Waals surface area contributed by atoms with Gasteiger partial charge >= 0.3 is 0 Å². The van der Waals surface area contributed by atoms with Gasteiger partial charge < -0.3 is 4.74 Å². The van der Waals surface area contributed by atoms with Crippen LogP contribution in [0.15, 0.2) is 65.1 Å². The minimum Gasteiger partial charge on any atom is -0.484 e. The Morgan fingerprint density at radius 2 is 2.00 bits per heavy atom. The second kappa shape index (κ2) is 6.87. The summed E-state index contributed by atoms with van der Waals surface area (Å²) in [4.78, 5) is 12.6. The van der Waals surface area contributed by atoms with Crippen molar-refractivity contribution in [1.29, 1.82) is 0 Å². The van der Waals surface area contributed by atoms with Gasteiger partial charge in [-0.1, -0.05) is 36.4 Å². The predicted octanol–water partition coefficient (Wildman–Crippen LogP) is 3.43. The molecule has 0 saturated carbocycles. The van der Waals surface area contributed by atoms with E-state index in [9.17, 15) is 4.79 Å². The summed E-state index contributed by atoms with van der Waals surface area (Å²) in [5, 5.41) is 8.05. The first-order valence-electron chi connectivity index (χ1n) is 6.78. The smallest absolute Gasteiger partial charge is 0.277 e. The predicted molar refractivity (Wildman–Crippen MR) is 89.5 cm³/mol. The number of benzene rings is 2. The van der Waals surface area contributed by atoms with Crippen LogP contribution < -0.4 is 10.2 Å². The zero-order valence-corrected chi connectivity index (χ0v) is 12.5. The van der Waals surface area contributed by atoms with E-state index in [1.54, 1.807) is 17.6 Å². The highest BCUT2D eigenvalue weighted by molar-refractivity contribution is 7.11. The molecule has 0 fully saturated rings. The van der Waals surface area contributed by atoms with E-state index in [-0.39, 0.29) is 12.5 Å². The maximum atomic E-state index is 11.7. The molecule has 0 radical (unpaired) electrons. The van der Waals surface area contributed by atoms with Crippen molar-refractivity contribution in [3.8, 4) is 5.75 Å². The fourth-order valence-corrected chi connectivity index (χ4v) is 2.56. The molecule has 3 rings (SSSR count). The first-order valence-corrected chi connectivity index (χ1v) is 7.66. The van der Waals surface area contributed by atoms with Crippen LogP contribution in [0.3, 0.4) is 0 Å². The maximum absolute atomic E-state index is 11.7. The van der Waals surface area contributed by atoms with Crippen LogP contribution in [0.25, 0.3) is 10.8 Å². The second-order valence-corrected chi connectivity index (χ2v) is 5.59. The number of hydrogen-bond acceptors (Lipinski definition) is 4. The monoisotopic (exact) mass is 310 g/mol. The Balaban J connectivity index is 1.53. The van der Waals surface area contributed by atoms with E-state index in [0.717, 1.165) is 15.6 Å². The third-order valence-electron chi connectivity index (χ3n) is 3.02. The van der Waals surface area contributed by atoms with Gasteiger partial charge in [-0.2, -0.15) is 5.10 Å². The van der Waals surface area contributed by atoms with E-state index in [1.807, 2.05) is 60.0 Å².